The van der Waals surface area contributed by atoms with Crippen molar-refractivity contribution in [1.82, 2.24) is 15.2 Å². The molecule has 0 fully saturated rings. The van der Waals surface area contributed by atoms with Crippen molar-refractivity contribution < 1.29 is 14.3 Å². The lowest BCUT2D eigenvalue weighted by atomic mass is 10.0. The van der Waals surface area contributed by atoms with Crippen molar-refractivity contribution in [3.8, 4) is 22.6 Å². The molecule has 0 aliphatic carbocycles. The molecular weight excluding hydrogens is 344 g/mol. The Morgan fingerprint density at radius 1 is 1.04 bits per heavy atom. The highest BCUT2D eigenvalue weighted by atomic mass is 16.7. The molecule has 1 aliphatic rings. The lowest BCUT2D eigenvalue weighted by molar-refractivity contribution is 0.102. The van der Waals surface area contributed by atoms with E-state index in [0.29, 0.717) is 22.9 Å². The van der Waals surface area contributed by atoms with E-state index < -0.39 is 0 Å². The average molecular weight is 358 g/mol. The molecule has 0 bridgehead atoms. The Balaban J connectivity index is 1.48. The summed E-state index contributed by atoms with van der Waals surface area (Å²) in [6.07, 6.45) is 3.51. The summed E-state index contributed by atoms with van der Waals surface area (Å²) in [6.45, 7) is 0.188. The van der Waals surface area contributed by atoms with Crippen LogP contribution in [0.1, 0.15) is 10.5 Å². The predicted molar refractivity (Wildman–Crippen MR) is 99.8 cm³/mol. The molecule has 0 unspecified atom stereocenters. The third-order valence-electron chi connectivity index (χ3n) is 4.40. The number of aromatic nitrogens is 3. The average Bonchev–Trinajstić information content (AvgIpc) is 3.34. The summed E-state index contributed by atoms with van der Waals surface area (Å²) in [5.41, 5.74) is 3.67. The van der Waals surface area contributed by atoms with Crippen LogP contribution in [-0.2, 0) is 0 Å². The molecule has 7 heteroatoms. The second-order valence-electron chi connectivity index (χ2n) is 6.10. The number of amides is 1. The minimum absolute atomic E-state index is 0.188. The Labute approximate surface area is 154 Å². The molecule has 0 saturated carbocycles. The number of nitrogens with zero attached hydrogens (tertiary/aromatic N) is 2. The largest absolute Gasteiger partial charge is 0.454 e. The molecule has 0 atom stereocenters. The van der Waals surface area contributed by atoms with Gasteiger partial charge in [0.1, 0.15) is 0 Å². The molecule has 27 heavy (non-hydrogen) atoms. The van der Waals surface area contributed by atoms with Crippen LogP contribution in [0.2, 0.25) is 0 Å². The molecule has 1 amide bonds. The Morgan fingerprint density at radius 3 is 2.85 bits per heavy atom. The van der Waals surface area contributed by atoms with Gasteiger partial charge in [-0.15, -0.1) is 0 Å². The quantitative estimate of drug-likeness (QED) is 0.584. The van der Waals surface area contributed by atoms with E-state index in [-0.39, 0.29) is 12.7 Å². The second kappa shape index (κ2) is 6.14. The zero-order valence-electron chi connectivity index (χ0n) is 14.1. The van der Waals surface area contributed by atoms with Crippen molar-refractivity contribution in [1.29, 1.82) is 0 Å². The summed E-state index contributed by atoms with van der Waals surface area (Å²) in [4.78, 5) is 16.9. The van der Waals surface area contributed by atoms with E-state index in [2.05, 4.69) is 20.5 Å². The van der Waals surface area contributed by atoms with Gasteiger partial charge in [0.25, 0.3) is 5.91 Å². The fourth-order valence-electron chi connectivity index (χ4n) is 3.06. The molecule has 2 aromatic heterocycles. The van der Waals surface area contributed by atoms with Crippen LogP contribution < -0.4 is 14.8 Å². The first-order chi connectivity index (χ1) is 13.3. The van der Waals surface area contributed by atoms with E-state index >= 15 is 0 Å². The summed E-state index contributed by atoms with van der Waals surface area (Å²) in [7, 11) is 0. The normalized spacial score (nSPS) is 12.3. The topological polar surface area (TPSA) is 89.1 Å². The highest BCUT2D eigenvalue weighted by Crippen LogP contribution is 2.34. The summed E-state index contributed by atoms with van der Waals surface area (Å²) >= 11 is 0. The van der Waals surface area contributed by atoms with Gasteiger partial charge in [-0.1, -0.05) is 12.1 Å². The number of nitrogens with one attached hydrogen (secondary N) is 2. The number of benzene rings is 2. The van der Waals surface area contributed by atoms with Gasteiger partial charge >= 0.3 is 0 Å². The van der Waals surface area contributed by atoms with E-state index in [1.165, 1.54) is 0 Å². The zero-order chi connectivity index (χ0) is 18.2. The minimum atomic E-state index is -0.302. The number of carbonyl (C=O) groups is 1. The number of aromatic amines is 1. The van der Waals surface area contributed by atoms with Crippen LogP contribution in [0.4, 0.5) is 5.69 Å². The van der Waals surface area contributed by atoms with E-state index in [9.17, 15) is 4.79 Å². The van der Waals surface area contributed by atoms with Gasteiger partial charge in [-0.25, -0.2) is 0 Å². The summed E-state index contributed by atoms with van der Waals surface area (Å²) < 4.78 is 10.6. The number of hydrogen-bond donors (Lipinski definition) is 2. The summed E-state index contributed by atoms with van der Waals surface area (Å²) in [5.74, 6) is 0.973. The van der Waals surface area contributed by atoms with Crippen molar-refractivity contribution in [2.75, 3.05) is 12.1 Å². The van der Waals surface area contributed by atoms with Gasteiger partial charge < -0.3 is 14.8 Å². The number of anilines is 1. The fraction of sp³-hybridized carbons (Fsp3) is 0.0500. The second-order valence-corrected chi connectivity index (χ2v) is 6.10. The lowest BCUT2D eigenvalue weighted by Gasteiger charge is -2.05. The first-order valence-electron chi connectivity index (χ1n) is 8.37. The maximum Gasteiger partial charge on any atom is 0.276 e. The number of rotatable bonds is 3. The fourth-order valence-corrected chi connectivity index (χ4v) is 3.06. The SMILES string of the molecule is O=C(Nc1ccc2c(c1)OCO2)c1n[nH]c2ccc(-c3cccnc3)cc12. The number of H-pyrrole nitrogens is 1. The van der Waals surface area contributed by atoms with Crippen molar-refractivity contribution in [2.24, 2.45) is 0 Å². The molecule has 4 aromatic rings. The van der Waals surface area contributed by atoms with Crippen molar-refractivity contribution in [3.63, 3.8) is 0 Å². The molecule has 0 saturated heterocycles. The van der Waals surface area contributed by atoms with Crippen molar-refractivity contribution in [2.45, 2.75) is 0 Å². The predicted octanol–water partition coefficient (Wildman–Crippen LogP) is 3.61. The number of ether oxygens (including phenoxy) is 2. The standard InChI is InChI=1S/C20H14N4O3/c25-20(22-14-4-6-17-18(9-14)27-11-26-17)19-15-8-12(3-5-16(15)23-24-19)13-2-1-7-21-10-13/h1-10H,11H2,(H,22,25)(H,23,24). The number of carbonyl (C=O) groups excluding carboxylic acids is 1. The van der Waals surface area contributed by atoms with Crippen LogP contribution in [0.3, 0.4) is 0 Å². The molecule has 0 spiro atoms. The number of fused-ring (bicyclic) bond motifs is 2. The molecule has 2 aromatic carbocycles. The van der Waals surface area contributed by atoms with Crippen molar-refractivity contribution in [3.05, 3.63) is 66.6 Å². The van der Waals surface area contributed by atoms with Crippen LogP contribution in [0.5, 0.6) is 11.5 Å². The monoisotopic (exact) mass is 358 g/mol. The highest BCUT2D eigenvalue weighted by molar-refractivity contribution is 6.11. The summed E-state index contributed by atoms with van der Waals surface area (Å²) in [5, 5.41) is 10.7. The first kappa shape index (κ1) is 15.4. The Hall–Kier alpha value is -3.87. The Bertz CT molecular complexity index is 1150. The van der Waals surface area contributed by atoms with Crippen LogP contribution in [0.25, 0.3) is 22.0 Å². The molecule has 132 valence electrons. The summed E-state index contributed by atoms with van der Waals surface area (Å²) in [6, 6.07) is 14.9. The van der Waals surface area contributed by atoms with Gasteiger partial charge in [-0.05, 0) is 35.9 Å². The maximum atomic E-state index is 12.8. The smallest absolute Gasteiger partial charge is 0.276 e. The maximum absolute atomic E-state index is 12.8. The number of pyridine rings is 1. The Morgan fingerprint density at radius 2 is 1.96 bits per heavy atom. The van der Waals surface area contributed by atoms with Gasteiger partial charge in [0.05, 0.1) is 5.52 Å². The minimum Gasteiger partial charge on any atom is -0.454 e. The van der Waals surface area contributed by atoms with Gasteiger partial charge in [-0.2, -0.15) is 5.10 Å². The molecule has 1 aliphatic heterocycles. The van der Waals surface area contributed by atoms with Crippen LogP contribution in [0, 0.1) is 0 Å². The van der Waals surface area contributed by atoms with Crippen LogP contribution in [-0.4, -0.2) is 27.9 Å². The first-order valence-corrected chi connectivity index (χ1v) is 8.37. The third-order valence-corrected chi connectivity index (χ3v) is 4.40. The lowest BCUT2D eigenvalue weighted by Crippen LogP contribution is -2.12. The van der Waals surface area contributed by atoms with Gasteiger partial charge in [0.2, 0.25) is 6.79 Å². The number of hydrogen-bond acceptors (Lipinski definition) is 5. The molecule has 3 heterocycles. The van der Waals surface area contributed by atoms with Crippen LogP contribution in [0.15, 0.2) is 60.9 Å². The zero-order valence-corrected chi connectivity index (χ0v) is 14.1. The molecular formula is C20H14N4O3. The molecule has 5 rings (SSSR count). The molecule has 7 nitrogen and oxygen atoms in total. The van der Waals surface area contributed by atoms with E-state index in [0.717, 1.165) is 22.0 Å². The van der Waals surface area contributed by atoms with Gasteiger partial charge in [0, 0.05) is 35.1 Å². The van der Waals surface area contributed by atoms with E-state index in [1.54, 1.807) is 30.6 Å². The molecule has 2 N–H and O–H groups in total. The van der Waals surface area contributed by atoms with Crippen LogP contribution >= 0.6 is 0 Å². The van der Waals surface area contributed by atoms with E-state index in [1.807, 2.05) is 30.3 Å². The third kappa shape index (κ3) is 2.75. The van der Waals surface area contributed by atoms with Gasteiger partial charge in [0.15, 0.2) is 17.2 Å². The molecule has 0 radical (unpaired) electrons. The highest BCUT2D eigenvalue weighted by Gasteiger charge is 2.18. The van der Waals surface area contributed by atoms with E-state index in [4.69, 9.17) is 9.47 Å². The van der Waals surface area contributed by atoms with Crippen molar-refractivity contribution >= 4 is 22.5 Å². The Kier molecular flexibility index (Phi) is 3.50. The van der Waals surface area contributed by atoms with Gasteiger partial charge in [-0.3, -0.25) is 14.9 Å².